The molecule has 4 fully saturated rings. The number of nitrogens with zero attached hydrogens (tertiary/aromatic N) is 6. The minimum atomic E-state index is -1.88. The summed E-state index contributed by atoms with van der Waals surface area (Å²) in [6, 6.07) is -1.93. The number of amides is 17. The van der Waals surface area contributed by atoms with E-state index in [1.807, 2.05) is 12.2 Å². The number of carbonyl (C=O) groups is 17. The molecule has 42 nitrogen and oxygen atoms in total. The zero-order valence-corrected chi connectivity index (χ0v) is 74.9. The molecule has 20 N–H and O–H groups in total. The summed E-state index contributed by atoms with van der Waals surface area (Å²) in [5, 5.41) is 60.6. The summed E-state index contributed by atoms with van der Waals surface area (Å²) < 4.78 is 5.73. The van der Waals surface area contributed by atoms with Gasteiger partial charge in [0.2, 0.25) is 100 Å². The first-order valence-electron chi connectivity index (χ1n) is 44.1. The smallest absolute Gasteiger partial charge is 0.246 e. The SMILES string of the molecule is CC(C)C[C@@H]1NC(=O)[C@H](Cc2cnc[nH]2)NC(=O)[C@@H]2CCCN2C(=O)[C@H](CC(N)=O)NC(=O)[C@@H]2COCCN2C(=O)[C@H](Cc2ccc(O)cc2)NC(=O)CSC[C@H](C(=O)NCC(N)=O)NC(=O)[C@@H](C)NC(=O)C2CCC/C=C\CCC[C@@H](C(=O)N2C)N(C)C(=O)[C@H](Cc2c[nH]c3ccccc23)NC(=O)[C@H](CO)NC(=O)[C@@H](Cc2c[nH]c3ccccc23)NC(=O)[C@@H]2C[C@@H](O)CN2C1=O. The highest BCUT2D eigenvalue weighted by atomic mass is 32.2. The van der Waals surface area contributed by atoms with Crippen molar-refractivity contribution in [1.82, 2.24) is 97.6 Å². The molecule has 0 spiro atoms. The van der Waals surface area contributed by atoms with Crippen molar-refractivity contribution in [3.8, 4) is 5.75 Å². The number of aromatic amines is 3. The fourth-order valence-electron chi connectivity index (χ4n) is 17.1. The molecule has 15 atom stereocenters. The lowest BCUT2D eigenvalue weighted by atomic mass is 9.99. The molecule has 43 heteroatoms. The lowest BCUT2D eigenvalue weighted by Crippen LogP contribution is -2.63. The van der Waals surface area contributed by atoms with Gasteiger partial charge in [0.1, 0.15) is 90.3 Å². The van der Waals surface area contributed by atoms with Crippen LogP contribution in [-0.2, 0) is 112 Å². The van der Waals surface area contributed by atoms with Crippen LogP contribution in [0.25, 0.3) is 21.8 Å². The summed E-state index contributed by atoms with van der Waals surface area (Å²) in [5.41, 5.74) is 14.2. The van der Waals surface area contributed by atoms with Gasteiger partial charge >= 0.3 is 0 Å². The van der Waals surface area contributed by atoms with E-state index in [-0.39, 0.29) is 95.6 Å². The van der Waals surface area contributed by atoms with Crippen LogP contribution in [0.3, 0.4) is 0 Å². The minimum Gasteiger partial charge on any atom is -0.508 e. The molecule has 3 aromatic heterocycles. The number of aliphatic hydroxyl groups is 2. The number of hydrogen-bond donors (Lipinski definition) is 18. The number of nitrogens with one attached hydrogen (secondary N) is 13. The molecular weight excluding hydrogens is 1730 g/mol. The number of thioether (sulfide) groups is 1. The van der Waals surface area contributed by atoms with Gasteiger partial charge in [0.15, 0.2) is 0 Å². The summed E-state index contributed by atoms with van der Waals surface area (Å²) in [6.07, 6.45) is 7.72. The van der Waals surface area contributed by atoms with E-state index in [1.165, 1.54) is 57.8 Å². The number of primary amides is 2. The molecule has 0 aliphatic carbocycles. The van der Waals surface area contributed by atoms with E-state index in [1.54, 1.807) is 74.8 Å². The van der Waals surface area contributed by atoms with E-state index in [0.717, 1.165) is 36.3 Å². The van der Waals surface area contributed by atoms with Gasteiger partial charge in [-0.3, -0.25) is 81.5 Å². The second-order valence-electron chi connectivity index (χ2n) is 34.2. The first-order valence-corrected chi connectivity index (χ1v) is 45.3. The molecule has 6 aromatic rings. The molecule has 2 bridgehead atoms. The third-order valence-electron chi connectivity index (χ3n) is 24.1. The van der Waals surface area contributed by atoms with Crippen molar-refractivity contribution in [2.45, 2.75) is 208 Å². The topological polar surface area (TPSA) is 609 Å². The fraction of sp³-hybridized carbons (Fsp3) is 0.506. The first-order chi connectivity index (χ1) is 63.1. The maximum atomic E-state index is 15.7. The standard InChI is InChI=1S/C89H117N21O21S/c1-48(2)31-62-88(129)110-42-55(113)36-71(110)83(124)99-60(33-51-38-93-58-19-14-12-17-56(51)58)78(119)104-66(43-111)80(121)102-64(34-52-39-94-59-20-15-13-18-57(52)59)85(126)107(5)70-22-11-9-7-6-8-10-21-68(106(4)89(70)130)81(122)97-49(3)76(117)105-67(77(118)95-41-74(91)115)45-132-46-75(116)98-63(32-50-24-26-54(112)27-25-50)86(127)109-29-30-131-44-72(109)84(125)103-65(37-73(90)114)87(128)108-28-16-23-69(108)82(123)100-61(79(120)101-62)35-53-40-92-47-96-53/h6-7,12-15,17-20,24-27,38-40,47-49,55,60-72,93-94,111-113H,8-11,16,21-23,28-37,41-46H2,1-5H3,(H2,90,114)(H2,91,115)(H,92,96)(H,95,118)(H,97,122)(H,98,116)(H,99,124)(H,100,123)(H,101,120)(H,102,121)(H,103,125)(H,104,119)(H,105,117)/b7-6-/t49-,55-,60-,61+,62+,63+,64+,65+,66+,67-,68?,69+,70+,71+,72+/m1/s1. The Kier molecular flexibility index (Phi) is 35.0. The van der Waals surface area contributed by atoms with Crippen LogP contribution in [0.2, 0.25) is 0 Å². The number of allylic oxidation sites excluding steroid dienone is 2. The van der Waals surface area contributed by atoms with E-state index in [2.05, 4.69) is 73.1 Å². The van der Waals surface area contributed by atoms with Gasteiger partial charge in [-0.15, -0.1) is 11.8 Å². The Hall–Kier alpha value is -13.3. The van der Waals surface area contributed by atoms with Crippen LogP contribution < -0.4 is 64.6 Å². The predicted molar refractivity (Wildman–Crippen MR) is 478 cm³/mol. The molecule has 11 rings (SSSR count). The van der Waals surface area contributed by atoms with E-state index in [0.29, 0.717) is 69.9 Å². The normalized spacial score (nSPS) is 26.6. The third-order valence-corrected chi connectivity index (χ3v) is 25.1. The molecule has 710 valence electrons. The van der Waals surface area contributed by atoms with Crippen LogP contribution in [0.5, 0.6) is 5.75 Å². The number of carbonyl (C=O) groups excluding carboxylic acids is 17. The molecule has 3 aromatic carbocycles. The van der Waals surface area contributed by atoms with Gasteiger partial charge in [0, 0.05) is 118 Å². The van der Waals surface area contributed by atoms with Gasteiger partial charge in [-0.25, -0.2) is 4.98 Å². The van der Waals surface area contributed by atoms with Crippen LogP contribution >= 0.6 is 11.8 Å². The highest BCUT2D eigenvalue weighted by Gasteiger charge is 2.47. The summed E-state index contributed by atoms with van der Waals surface area (Å²) in [7, 11) is 2.71. The van der Waals surface area contributed by atoms with Crippen LogP contribution in [0, 0.1) is 5.92 Å². The minimum absolute atomic E-state index is 0.00364. The number of aliphatic hydroxyl groups excluding tert-OH is 2. The number of fused-ring (bicyclic) bond motifs is 8. The number of imidazole rings is 1. The van der Waals surface area contributed by atoms with Gasteiger partial charge in [0.25, 0.3) is 0 Å². The fourth-order valence-corrected chi connectivity index (χ4v) is 17.9. The number of ether oxygens (including phenoxy) is 1. The van der Waals surface area contributed by atoms with E-state index in [9.17, 15) is 53.7 Å². The molecule has 132 heavy (non-hydrogen) atoms. The first kappa shape index (κ1) is 99.3. The largest absolute Gasteiger partial charge is 0.508 e. The van der Waals surface area contributed by atoms with Crippen LogP contribution in [-0.4, -0.2) is 322 Å². The van der Waals surface area contributed by atoms with Crippen molar-refractivity contribution in [2.75, 3.05) is 71.6 Å². The molecule has 0 radical (unpaired) electrons. The van der Waals surface area contributed by atoms with Crippen molar-refractivity contribution in [2.24, 2.45) is 17.4 Å². The van der Waals surface area contributed by atoms with Gasteiger partial charge in [-0.05, 0) is 112 Å². The molecule has 5 aliphatic rings. The molecule has 17 amide bonds. The molecular formula is C89H117N21O21S. The third kappa shape index (κ3) is 26.1. The van der Waals surface area contributed by atoms with Crippen molar-refractivity contribution in [3.63, 3.8) is 0 Å². The number of aromatic hydroxyl groups is 1. The summed E-state index contributed by atoms with van der Waals surface area (Å²) in [5.74, 6) is -17.3. The van der Waals surface area contributed by atoms with Crippen molar-refractivity contribution in [3.05, 3.63) is 132 Å². The van der Waals surface area contributed by atoms with Crippen molar-refractivity contribution < 1.29 is 102 Å². The van der Waals surface area contributed by atoms with E-state index in [4.69, 9.17) is 16.2 Å². The highest BCUT2D eigenvalue weighted by molar-refractivity contribution is 8.00. The number of likely N-dealkylation sites (N-methyl/N-ethyl adjacent to an activating group) is 2. The average Bonchev–Trinajstić information content (AvgIpc) is 1.56. The Morgan fingerprint density at radius 2 is 1.08 bits per heavy atom. The maximum Gasteiger partial charge on any atom is 0.246 e. The number of nitrogens with two attached hydrogens (primary N) is 2. The summed E-state index contributed by atoms with van der Waals surface area (Å²) >= 11 is 0.784. The molecule has 8 heterocycles. The Morgan fingerprint density at radius 1 is 0.545 bits per heavy atom. The van der Waals surface area contributed by atoms with Crippen molar-refractivity contribution >= 4 is 134 Å². The lowest BCUT2D eigenvalue weighted by molar-refractivity contribution is -0.152. The van der Waals surface area contributed by atoms with Gasteiger partial charge in [-0.2, -0.15) is 0 Å². The van der Waals surface area contributed by atoms with Gasteiger partial charge in [-0.1, -0.05) is 74.5 Å². The second kappa shape index (κ2) is 46.5. The summed E-state index contributed by atoms with van der Waals surface area (Å²) in [6.45, 7) is 1.53. The second-order valence-corrected chi connectivity index (χ2v) is 35.2. The Labute approximate surface area is 764 Å². The van der Waals surface area contributed by atoms with Gasteiger partial charge in [0.05, 0.1) is 51.0 Å². The highest BCUT2D eigenvalue weighted by Crippen LogP contribution is 2.29. The zero-order chi connectivity index (χ0) is 95.1. The van der Waals surface area contributed by atoms with E-state index < -0.39 is 235 Å². The number of morpholine rings is 1. The average molecular weight is 1850 g/mol. The lowest BCUT2D eigenvalue weighted by Gasteiger charge is -2.38. The Bertz CT molecular complexity index is 5220. The Balaban J connectivity index is 0.935. The predicted octanol–water partition coefficient (Wildman–Crippen LogP) is -3.26. The number of phenols is 1. The monoisotopic (exact) mass is 1850 g/mol. The number of hydrogen-bond acceptors (Lipinski definition) is 23. The molecule has 1 unspecified atom stereocenters. The number of phenolic OH excluding ortho intramolecular Hbond substituents is 1. The maximum absolute atomic E-state index is 15.7. The number of aromatic nitrogens is 4. The summed E-state index contributed by atoms with van der Waals surface area (Å²) in [4.78, 5) is 268. The van der Waals surface area contributed by atoms with Gasteiger partial charge < -0.3 is 124 Å². The zero-order valence-electron chi connectivity index (χ0n) is 74.0. The molecule has 0 saturated carbocycles. The Morgan fingerprint density at radius 3 is 1.71 bits per heavy atom. The molecule has 4 saturated heterocycles. The van der Waals surface area contributed by atoms with Crippen LogP contribution in [0.4, 0.5) is 0 Å². The number of rotatable bonds is 16. The molecule has 5 aliphatic heterocycles. The number of para-hydroxylation sites is 2. The van der Waals surface area contributed by atoms with E-state index >= 15 is 43.2 Å². The van der Waals surface area contributed by atoms with Crippen LogP contribution in [0.1, 0.15) is 114 Å². The van der Waals surface area contributed by atoms with Crippen LogP contribution in [0.15, 0.2) is 110 Å². The quantitative estimate of drug-likeness (QED) is 0.0423. The number of benzene rings is 3. The van der Waals surface area contributed by atoms with Crippen molar-refractivity contribution in [1.29, 1.82) is 0 Å². The number of H-pyrrole nitrogens is 3.